The number of nitrogens with zero attached hydrogens (tertiary/aromatic N) is 4. The van der Waals surface area contributed by atoms with Crippen molar-refractivity contribution in [2.45, 2.75) is 31.6 Å². The number of para-hydroxylation sites is 1. The molecule has 0 saturated heterocycles. The number of hydrogen-bond donors (Lipinski definition) is 1. The molecule has 0 unspecified atom stereocenters. The summed E-state index contributed by atoms with van der Waals surface area (Å²) >= 11 is 0. The lowest BCUT2D eigenvalue weighted by Gasteiger charge is -2.27. The van der Waals surface area contributed by atoms with Gasteiger partial charge in [-0.25, -0.2) is 18.1 Å². The lowest BCUT2D eigenvalue weighted by Crippen LogP contribution is -2.37. The molecule has 3 heterocycles. The number of fused-ring (bicyclic) bond motifs is 1. The van der Waals surface area contributed by atoms with Crippen molar-refractivity contribution in [3.05, 3.63) is 73.6 Å². The fraction of sp³-hybridized carbons (Fsp3) is 0.350. The van der Waals surface area contributed by atoms with Gasteiger partial charge >= 0.3 is 0 Å². The Hall–Kier alpha value is -2.98. The molecule has 0 spiro atoms. The summed E-state index contributed by atoms with van der Waals surface area (Å²) in [6.07, 6.45) is 1.46. The molecule has 0 saturated carbocycles. The molecule has 0 fully saturated rings. The standard InChI is InChI=1S/C20H23N5O4S/c1-13-15(19(27)25(23(13)2)14-7-5-4-6-8-14)11-24-10-9-17-16(12-24)18(26)22-20(21-17)30(3,28)29/h4-8H,9-12H2,1-3H3,(H,21,22,26). The lowest BCUT2D eigenvalue weighted by molar-refractivity contribution is 0.239. The van der Waals surface area contributed by atoms with Crippen LogP contribution in [0, 0.1) is 6.92 Å². The van der Waals surface area contributed by atoms with Gasteiger partial charge in [0.1, 0.15) is 0 Å². The van der Waals surface area contributed by atoms with E-state index in [0.717, 1.165) is 17.6 Å². The van der Waals surface area contributed by atoms with Crippen LogP contribution in [-0.2, 0) is 36.4 Å². The van der Waals surface area contributed by atoms with Gasteiger partial charge in [-0.2, -0.15) is 0 Å². The van der Waals surface area contributed by atoms with Crippen LogP contribution in [0.25, 0.3) is 5.69 Å². The first-order valence-electron chi connectivity index (χ1n) is 9.54. The van der Waals surface area contributed by atoms with E-state index in [9.17, 15) is 18.0 Å². The monoisotopic (exact) mass is 429 g/mol. The molecule has 9 nitrogen and oxygen atoms in total. The predicted octanol–water partition coefficient (Wildman–Crippen LogP) is 0.530. The Morgan fingerprint density at radius 3 is 2.53 bits per heavy atom. The number of hydrogen-bond acceptors (Lipinski definition) is 6. The fourth-order valence-corrected chi connectivity index (χ4v) is 4.35. The molecular formula is C20H23N5O4S. The first-order chi connectivity index (χ1) is 14.2. The molecule has 1 aliphatic rings. The summed E-state index contributed by atoms with van der Waals surface area (Å²) in [6.45, 7) is 3.18. The maximum absolute atomic E-state index is 13.1. The van der Waals surface area contributed by atoms with Crippen molar-refractivity contribution in [1.29, 1.82) is 0 Å². The molecule has 0 atom stereocenters. The Labute approximate surface area is 173 Å². The van der Waals surface area contributed by atoms with E-state index in [1.54, 1.807) is 4.68 Å². The molecule has 0 bridgehead atoms. The molecule has 158 valence electrons. The Balaban J connectivity index is 1.65. The van der Waals surface area contributed by atoms with Crippen molar-refractivity contribution in [2.24, 2.45) is 7.05 Å². The van der Waals surface area contributed by atoms with Crippen molar-refractivity contribution in [2.75, 3.05) is 12.8 Å². The van der Waals surface area contributed by atoms with Crippen LogP contribution in [0.3, 0.4) is 0 Å². The molecule has 2 aromatic heterocycles. The van der Waals surface area contributed by atoms with Crippen LogP contribution in [0.2, 0.25) is 0 Å². The minimum Gasteiger partial charge on any atom is -0.297 e. The van der Waals surface area contributed by atoms with Crippen LogP contribution < -0.4 is 11.1 Å². The van der Waals surface area contributed by atoms with Gasteiger partial charge in [-0.1, -0.05) is 18.2 Å². The topological polar surface area (TPSA) is 110 Å². The summed E-state index contributed by atoms with van der Waals surface area (Å²) in [6, 6.07) is 9.43. The summed E-state index contributed by atoms with van der Waals surface area (Å²) in [4.78, 5) is 34.1. The number of H-pyrrole nitrogens is 1. The van der Waals surface area contributed by atoms with E-state index >= 15 is 0 Å². The van der Waals surface area contributed by atoms with Gasteiger partial charge in [-0.05, 0) is 19.1 Å². The first kappa shape index (κ1) is 20.3. The van der Waals surface area contributed by atoms with E-state index in [1.165, 1.54) is 0 Å². The van der Waals surface area contributed by atoms with Crippen molar-refractivity contribution < 1.29 is 8.42 Å². The van der Waals surface area contributed by atoms with Crippen molar-refractivity contribution in [3.8, 4) is 5.69 Å². The average molecular weight is 430 g/mol. The summed E-state index contributed by atoms with van der Waals surface area (Å²) in [5, 5.41) is -0.302. The van der Waals surface area contributed by atoms with Crippen LogP contribution in [0.15, 0.2) is 45.1 Å². The van der Waals surface area contributed by atoms with Gasteiger partial charge in [0.2, 0.25) is 15.0 Å². The SMILES string of the molecule is Cc1c(CN2CCc3nc(S(C)(=O)=O)[nH]c(=O)c3C2)c(=O)n(-c2ccccc2)n1C. The van der Waals surface area contributed by atoms with Crippen LogP contribution >= 0.6 is 0 Å². The summed E-state index contributed by atoms with van der Waals surface area (Å²) < 4.78 is 26.9. The van der Waals surface area contributed by atoms with Gasteiger partial charge < -0.3 is 0 Å². The molecule has 1 aliphatic heterocycles. The smallest absolute Gasteiger partial charge is 0.276 e. The molecule has 30 heavy (non-hydrogen) atoms. The third-order valence-electron chi connectivity index (χ3n) is 5.53. The molecular weight excluding hydrogens is 406 g/mol. The van der Waals surface area contributed by atoms with Crippen LogP contribution in [0.5, 0.6) is 0 Å². The highest BCUT2D eigenvalue weighted by Gasteiger charge is 2.25. The van der Waals surface area contributed by atoms with Crippen molar-refractivity contribution >= 4 is 9.84 Å². The highest BCUT2D eigenvalue weighted by Crippen LogP contribution is 2.18. The Bertz CT molecular complexity index is 1340. The predicted molar refractivity (Wildman–Crippen MR) is 112 cm³/mol. The number of nitrogens with one attached hydrogen (secondary N) is 1. The zero-order chi connectivity index (χ0) is 21.6. The van der Waals surface area contributed by atoms with Crippen LogP contribution in [-0.4, -0.2) is 45.4 Å². The molecule has 1 N–H and O–H groups in total. The van der Waals surface area contributed by atoms with Crippen LogP contribution in [0.4, 0.5) is 0 Å². The van der Waals surface area contributed by atoms with Crippen LogP contribution in [0.1, 0.15) is 22.5 Å². The van der Waals surface area contributed by atoms with Gasteiger partial charge in [0, 0.05) is 45.1 Å². The van der Waals surface area contributed by atoms with Crippen molar-refractivity contribution in [3.63, 3.8) is 0 Å². The van der Waals surface area contributed by atoms with Gasteiger partial charge in [0.05, 0.1) is 22.5 Å². The number of benzene rings is 1. The van der Waals surface area contributed by atoms with Gasteiger partial charge in [-0.15, -0.1) is 0 Å². The van der Waals surface area contributed by atoms with Crippen molar-refractivity contribution in [1.82, 2.24) is 24.2 Å². The normalized spacial score (nSPS) is 14.6. The van der Waals surface area contributed by atoms with E-state index in [2.05, 4.69) is 9.97 Å². The largest absolute Gasteiger partial charge is 0.297 e. The van der Waals surface area contributed by atoms with E-state index < -0.39 is 15.4 Å². The molecule has 0 radical (unpaired) electrons. The quantitative estimate of drug-likeness (QED) is 0.606. The summed E-state index contributed by atoms with van der Waals surface area (Å²) in [7, 11) is -1.74. The lowest BCUT2D eigenvalue weighted by atomic mass is 10.1. The molecule has 10 heteroatoms. The minimum atomic E-state index is -3.59. The zero-order valence-electron chi connectivity index (χ0n) is 17.0. The summed E-state index contributed by atoms with van der Waals surface area (Å²) in [5.41, 5.74) is 2.73. The van der Waals surface area contributed by atoms with Gasteiger partial charge in [0.15, 0.2) is 0 Å². The van der Waals surface area contributed by atoms with Gasteiger partial charge in [0.25, 0.3) is 11.1 Å². The molecule has 4 rings (SSSR count). The number of rotatable bonds is 4. The van der Waals surface area contributed by atoms with E-state index in [0.29, 0.717) is 42.9 Å². The minimum absolute atomic E-state index is 0.0912. The Kier molecular flexibility index (Phi) is 4.99. The fourth-order valence-electron chi connectivity index (χ4n) is 3.80. The number of sulfone groups is 1. The Morgan fingerprint density at radius 1 is 1.17 bits per heavy atom. The zero-order valence-corrected chi connectivity index (χ0v) is 17.9. The Morgan fingerprint density at radius 2 is 1.87 bits per heavy atom. The molecule has 0 aliphatic carbocycles. The van der Waals surface area contributed by atoms with E-state index in [1.807, 2.05) is 53.9 Å². The second-order valence-electron chi connectivity index (χ2n) is 7.57. The number of aromatic nitrogens is 4. The number of aromatic amines is 1. The third kappa shape index (κ3) is 3.52. The maximum atomic E-state index is 13.1. The molecule has 3 aromatic rings. The van der Waals surface area contributed by atoms with E-state index in [-0.39, 0.29) is 10.7 Å². The second kappa shape index (κ2) is 7.37. The van der Waals surface area contributed by atoms with Gasteiger partial charge in [-0.3, -0.25) is 24.2 Å². The molecule has 0 amide bonds. The molecule has 1 aromatic carbocycles. The summed E-state index contributed by atoms with van der Waals surface area (Å²) in [5.74, 6) is 0. The first-order valence-corrected chi connectivity index (χ1v) is 11.4. The third-order valence-corrected chi connectivity index (χ3v) is 6.43. The second-order valence-corrected chi connectivity index (χ2v) is 9.50. The maximum Gasteiger partial charge on any atom is 0.276 e. The average Bonchev–Trinajstić information content (AvgIpc) is 2.91. The van der Waals surface area contributed by atoms with E-state index in [4.69, 9.17) is 0 Å². The highest BCUT2D eigenvalue weighted by atomic mass is 32.2. The highest BCUT2D eigenvalue weighted by molar-refractivity contribution is 7.90.